The Balaban J connectivity index is 1.43. The van der Waals surface area contributed by atoms with Crippen molar-refractivity contribution in [2.24, 2.45) is 0 Å². The minimum Gasteiger partial charge on any atom is -0.378 e. The summed E-state index contributed by atoms with van der Waals surface area (Å²) in [7, 11) is 0. The molecule has 0 amide bonds. The van der Waals surface area contributed by atoms with Crippen molar-refractivity contribution >= 4 is 5.78 Å². The van der Waals surface area contributed by atoms with Gasteiger partial charge in [0.05, 0.1) is 11.6 Å². The van der Waals surface area contributed by atoms with Gasteiger partial charge >= 0.3 is 0 Å². The molecule has 2 fully saturated rings. The topological polar surface area (TPSA) is 45.7 Å². The Morgan fingerprint density at radius 3 is 2.55 bits per heavy atom. The monoisotopic (exact) mass is 393 g/mol. The average molecular weight is 394 g/mol. The van der Waals surface area contributed by atoms with Crippen molar-refractivity contribution in [3.05, 3.63) is 66.0 Å². The number of nitrogens with zero attached hydrogens (tertiary/aromatic N) is 3. The fourth-order valence-corrected chi connectivity index (χ4v) is 4.77. The molecule has 5 heteroatoms. The minimum absolute atomic E-state index is 0.0903. The fourth-order valence-electron chi connectivity index (χ4n) is 4.77. The summed E-state index contributed by atoms with van der Waals surface area (Å²) < 4.78 is 5.81. The molecule has 3 heterocycles. The third-order valence-electron chi connectivity index (χ3n) is 6.40. The summed E-state index contributed by atoms with van der Waals surface area (Å²) in [5.74, 6) is 0.158. The zero-order valence-electron chi connectivity index (χ0n) is 17.3. The second kappa shape index (κ2) is 9.16. The Hall–Kier alpha value is -2.08. The largest absolute Gasteiger partial charge is 0.378 e. The molecular formula is C24H31N3O2. The van der Waals surface area contributed by atoms with E-state index in [1.54, 1.807) is 6.20 Å². The van der Waals surface area contributed by atoms with Crippen molar-refractivity contribution in [1.29, 1.82) is 0 Å². The molecule has 29 heavy (non-hydrogen) atoms. The lowest BCUT2D eigenvalue weighted by atomic mass is 9.79. The second-order valence-corrected chi connectivity index (χ2v) is 8.28. The first-order valence-electron chi connectivity index (χ1n) is 10.8. The van der Waals surface area contributed by atoms with Crippen molar-refractivity contribution < 1.29 is 9.53 Å². The highest BCUT2D eigenvalue weighted by Gasteiger charge is 2.48. The Labute approximate surface area is 173 Å². The molecule has 1 aromatic heterocycles. The van der Waals surface area contributed by atoms with Crippen LogP contribution in [0.1, 0.15) is 35.8 Å². The minimum atomic E-state index is -0.489. The van der Waals surface area contributed by atoms with Crippen LogP contribution in [0.25, 0.3) is 0 Å². The van der Waals surface area contributed by atoms with Crippen molar-refractivity contribution in [2.75, 3.05) is 39.3 Å². The van der Waals surface area contributed by atoms with Crippen LogP contribution in [0.5, 0.6) is 0 Å². The summed E-state index contributed by atoms with van der Waals surface area (Å²) in [5.41, 5.74) is 1.47. The molecule has 2 aliphatic rings. The molecule has 0 spiro atoms. The van der Waals surface area contributed by atoms with Gasteiger partial charge < -0.3 is 9.64 Å². The predicted octanol–water partition coefficient (Wildman–Crippen LogP) is 3.06. The number of Topliss-reactive ketones (excluding diaryl/α,β-unsaturated/α-hetero) is 1. The lowest BCUT2D eigenvalue weighted by molar-refractivity contribution is -0.0641. The van der Waals surface area contributed by atoms with Gasteiger partial charge in [-0.2, -0.15) is 0 Å². The first-order valence-corrected chi connectivity index (χ1v) is 10.8. The standard InChI is InChI=1S/C24H31N3O2/c1-20-19-24(11-18-29-20,23(28)22-9-5-6-12-25-22)27-16-14-26(15-17-27)13-10-21-7-3-2-4-8-21/h2-9,12,20H,10-11,13-19H2,1H3/t20-,24-/m0/s1. The van der Waals surface area contributed by atoms with Gasteiger partial charge in [0.2, 0.25) is 5.78 Å². The summed E-state index contributed by atoms with van der Waals surface area (Å²) in [4.78, 5) is 22.9. The van der Waals surface area contributed by atoms with E-state index in [1.165, 1.54) is 5.56 Å². The molecular weight excluding hydrogens is 362 g/mol. The van der Waals surface area contributed by atoms with Crippen molar-refractivity contribution in [2.45, 2.75) is 37.8 Å². The van der Waals surface area contributed by atoms with Crippen molar-refractivity contribution in [3.8, 4) is 0 Å². The van der Waals surface area contributed by atoms with Gasteiger partial charge in [-0.1, -0.05) is 36.4 Å². The number of piperazine rings is 1. The first kappa shape index (κ1) is 20.2. The van der Waals surface area contributed by atoms with Gasteiger partial charge in [0.25, 0.3) is 0 Å². The van der Waals surface area contributed by atoms with Crippen LogP contribution in [-0.4, -0.2) is 71.5 Å². The molecule has 1 aromatic carbocycles. The molecule has 0 N–H and O–H groups in total. The molecule has 0 aliphatic carbocycles. The lowest BCUT2D eigenvalue weighted by Crippen LogP contribution is -2.63. The second-order valence-electron chi connectivity index (χ2n) is 8.28. The summed E-state index contributed by atoms with van der Waals surface area (Å²) >= 11 is 0. The normalized spacial score (nSPS) is 26.3. The van der Waals surface area contributed by atoms with Crippen LogP contribution >= 0.6 is 0 Å². The molecule has 0 unspecified atom stereocenters. The molecule has 2 saturated heterocycles. The number of benzene rings is 1. The summed E-state index contributed by atoms with van der Waals surface area (Å²) in [6.45, 7) is 7.61. The first-order chi connectivity index (χ1) is 14.2. The summed E-state index contributed by atoms with van der Waals surface area (Å²) in [6.07, 6.45) is 4.37. The Bertz CT molecular complexity index is 790. The number of aromatic nitrogens is 1. The average Bonchev–Trinajstić information content (AvgIpc) is 2.79. The van der Waals surface area contributed by atoms with Gasteiger partial charge in [-0.25, -0.2) is 0 Å². The molecule has 4 rings (SSSR count). The van der Waals surface area contributed by atoms with E-state index in [4.69, 9.17) is 4.74 Å². The highest BCUT2D eigenvalue weighted by atomic mass is 16.5. The summed E-state index contributed by atoms with van der Waals surface area (Å²) in [5, 5.41) is 0. The quantitative estimate of drug-likeness (QED) is 0.706. The van der Waals surface area contributed by atoms with Crippen LogP contribution in [0.15, 0.2) is 54.7 Å². The number of rotatable bonds is 6. The number of hydrogen-bond donors (Lipinski definition) is 0. The molecule has 0 saturated carbocycles. The van der Waals surface area contributed by atoms with Crippen LogP contribution in [0.2, 0.25) is 0 Å². The Morgan fingerprint density at radius 2 is 1.86 bits per heavy atom. The number of carbonyl (C=O) groups is 1. The van der Waals surface area contributed by atoms with E-state index in [0.717, 1.165) is 52.0 Å². The third kappa shape index (κ3) is 4.58. The molecule has 2 atom stereocenters. The summed E-state index contributed by atoms with van der Waals surface area (Å²) in [6, 6.07) is 16.3. The third-order valence-corrected chi connectivity index (χ3v) is 6.40. The van der Waals surface area contributed by atoms with Crippen molar-refractivity contribution in [3.63, 3.8) is 0 Å². The van der Waals surface area contributed by atoms with E-state index in [2.05, 4.69) is 52.0 Å². The number of hydrogen-bond acceptors (Lipinski definition) is 5. The maximum Gasteiger partial charge on any atom is 0.201 e. The van der Waals surface area contributed by atoms with E-state index in [-0.39, 0.29) is 11.9 Å². The lowest BCUT2D eigenvalue weighted by Gasteiger charge is -2.49. The van der Waals surface area contributed by atoms with Crippen LogP contribution in [0, 0.1) is 0 Å². The number of ether oxygens (including phenoxy) is 1. The zero-order chi connectivity index (χ0) is 20.1. The van der Waals surface area contributed by atoms with Gasteiger partial charge in [-0.05, 0) is 43.9 Å². The zero-order valence-corrected chi connectivity index (χ0v) is 17.3. The fraction of sp³-hybridized carbons (Fsp3) is 0.500. The number of pyridine rings is 1. The molecule has 154 valence electrons. The van der Waals surface area contributed by atoms with Gasteiger partial charge in [-0.3, -0.25) is 14.7 Å². The van der Waals surface area contributed by atoms with Crippen LogP contribution < -0.4 is 0 Å². The molecule has 2 aliphatic heterocycles. The van der Waals surface area contributed by atoms with Crippen molar-refractivity contribution in [1.82, 2.24) is 14.8 Å². The highest BCUT2D eigenvalue weighted by Crippen LogP contribution is 2.35. The van der Waals surface area contributed by atoms with Crippen LogP contribution in [-0.2, 0) is 11.2 Å². The van der Waals surface area contributed by atoms with Crippen LogP contribution in [0.3, 0.4) is 0 Å². The number of carbonyl (C=O) groups excluding carboxylic acids is 1. The molecule has 0 bridgehead atoms. The molecule has 2 aromatic rings. The van der Waals surface area contributed by atoms with E-state index in [9.17, 15) is 4.79 Å². The smallest absolute Gasteiger partial charge is 0.201 e. The van der Waals surface area contributed by atoms with Gasteiger partial charge in [-0.15, -0.1) is 0 Å². The highest BCUT2D eigenvalue weighted by molar-refractivity contribution is 6.01. The molecule has 5 nitrogen and oxygen atoms in total. The van der Waals surface area contributed by atoms with E-state index in [0.29, 0.717) is 12.3 Å². The van der Waals surface area contributed by atoms with Gasteiger partial charge in [0, 0.05) is 45.5 Å². The SMILES string of the molecule is C[C@H]1C[C@@](C(=O)c2ccccn2)(N2CCN(CCc3ccccc3)CC2)CCO1. The van der Waals surface area contributed by atoms with E-state index in [1.807, 2.05) is 18.2 Å². The Kier molecular flexibility index (Phi) is 6.38. The maximum atomic E-state index is 13.6. The number of ketones is 1. The Morgan fingerprint density at radius 1 is 1.10 bits per heavy atom. The van der Waals surface area contributed by atoms with E-state index < -0.39 is 5.54 Å². The maximum absolute atomic E-state index is 13.6. The molecule has 0 radical (unpaired) electrons. The van der Waals surface area contributed by atoms with Gasteiger partial charge in [0.15, 0.2) is 0 Å². The van der Waals surface area contributed by atoms with E-state index >= 15 is 0 Å². The van der Waals surface area contributed by atoms with Gasteiger partial charge in [0.1, 0.15) is 5.69 Å². The predicted molar refractivity (Wildman–Crippen MR) is 114 cm³/mol. The van der Waals surface area contributed by atoms with Crippen LogP contribution in [0.4, 0.5) is 0 Å².